The zero-order chi connectivity index (χ0) is 14.0. The number of carbonyl (C=O) groups excluding carboxylic acids is 1. The SMILES string of the molecule is CN1CCN(C(=O)c2ccc(Br)cc2O)C(CN)C1. The van der Waals surface area contributed by atoms with Crippen LogP contribution in [-0.4, -0.2) is 60.1 Å². The van der Waals surface area contributed by atoms with Gasteiger partial charge in [-0.2, -0.15) is 0 Å². The lowest BCUT2D eigenvalue weighted by Gasteiger charge is -2.39. The first-order chi connectivity index (χ1) is 9.02. The standard InChI is InChI=1S/C13H18BrN3O2/c1-16-4-5-17(10(7-15)8-16)13(19)11-3-2-9(14)6-12(11)18/h2-3,6,10,18H,4-5,7-8,15H2,1H3. The first-order valence-electron chi connectivity index (χ1n) is 6.21. The van der Waals surface area contributed by atoms with Crippen molar-refractivity contribution in [2.24, 2.45) is 5.73 Å². The van der Waals surface area contributed by atoms with Crippen LogP contribution in [0.15, 0.2) is 22.7 Å². The first-order valence-corrected chi connectivity index (χ1v) is 7.00. The number of nitrogens with zero attached hydrogens (tertiary/aromatic N) is 2. The molecular weight excluding hydrogens is 310 g/mol. The lowest BCUT2D eigenvalue weighted by atomic mass is 10.1. The average Bonchev–Trinajstić information content (AvgIpc) is 2.37. The second kappa shape index (κ2) is 5.90. The van der Waals surface area contributed by atoms with Crippen LogP contribution in [0.2, 0.25) is 0 Å². The van der Waals surface area contributed by atoms with E-state index in [1.807, 2.05) is 7.05 Å². The molecule has 0 saturated carbocycles. The van der Waals surface area contributed by atoms with E-state index in [4.69, 9.17) is 5.73 Å². The van der Waals surface area contributed by atoms with Crippen LogP contribution in [0.25, 0.3) is 0 Å². The molecule has 1 fully saturated rings. The van der Waals surface area contributed by atoms with Gasteiger partial charge in [0.15, 0.2) is 0 Å². The highest BCUT2D eigenvalue weighted by molar-refractivity contribution is 9.10. The number of benzene rings is 1. The van der Waals surface area contributed by atoms with Crippen molar-refractivity contribution in [2.45, 2.75) is 6.04 Å². The molecule has 0 aliphatic carbocycles. The molecule has 1 atom stereocenters. The number of aromatic hydroxyl groups is 1. The molecule has 1 saturated heterocycles. The Kier molecular flexibility index (Phi) is 4.44. The van der Waals surface area contributed by atoms with Crippen molar-refractivity contribution in [3.8, 4) is 5.75 Å². The fourth-order valence-electron chi connectivity index (χ4n) is 2.32. The number of hydrogen-bond donors (Lipinski definition) is 2. The van der Waals surface area contributed by atoms with Gasteiger partial charge >= 0.3 is 0 Å². The summed E-state index contributed by atoms with van der Waals surface area (Å²) in [4.78, 5) is 16.4. The molecule has 0 bridgehead atoms. The number of amides is 1. The van der Waals surface area contributed by atoms with Crippen molar-refractivity contribution in [1.29, 1.82) is 0 Å². The molecule has 1 amide bonds. The smallest absolute Gasteiger partial charge is 0.257 e. The number of halogens is 1. The van der Waals surface area contributed by atoms with E-state index in [-0.39, 0.29) is 17.7 Å². The predicted molar refractivity (Wildman–Crippen MR) is 77.2 cm³/mol. The summed E-state index contributed by atoms with van der Waals surface area (Å²) >= 11 is 3.26. The first kappa shape index (κ1) is 14.3. The van der Waals surface area contributed by atoms with Gasteiger partial charge in [0, 0.05) is 30.7 Å². The molecule has 6 heteroatoms. The van der Waals surface area contributed by atoms with Gasteiger partial charge in [0.2, 0.25) is 0 Å². The van der Waals surface area contributed by atoms with E-state index in [1.165, 1.54) is 6.07 Å². The number of likely N-dealkylation sites (N-methyl/N-ethyl adjacent to an activating group) is 1. The van der Waals surface area contributed by atoms with Crippen LogP contribution < -0.4 is 5.73 Å². The summed E-state index contributed by atoms with van der Waals surface area (Å²) in [6.07, 6.45) is 0. The largest absolute Gasteiger partial charge is 0.507 e. The number of carbonyl (C=O) groups is 1. The molecule has 104 valence electrons. The number of phenols is 1. The van der Waals surface area contributed by atoms with Gasteiger partial charge in [-0.1, -0.05) is 15.9 Å². The van der Waals surface area contributed by atoms with Crippen LogP contribution in [0, 0.1) is 0 Å². The quantitative estimate of drug-likeness (QED) is 0.845. The summed E-state index contributed by atoms with van der Waals surface area (Å²) in [7, 11) is 2.02. The van der Waals surface area contributed by atoms with Gasteiger partial charge in [0.05, 0.1) is 11.6 Å². The fraction of sp³-hybridized carbons (Fsp3) is 0.462. The molecule has 1 aliphatic rings. The monoisotopic (exact) mass is 327 g/mol. The maximum absolute atomic E-state index is 12.5. The van der Waals surface area contributed by atoms with E-state index >= 15 is 0 Å². The Morgan fingerprint density at radius 2 is 2.26 bits per heavy atom. The lowest BCUT2D eigenvalue weighted by Crippen LogP contribution is -2.56. The molecule has 0 radical (unpaired) electrons. The van der Waals surface area contributed by atoms with Gasteiger partial charge < -0.3 is 20.6 Å². The van der Waals surface area contributed by atoms with E-state index in [0.29, 0.717) is 18.7 Å². The third-order valence-corrected chi connectivity index (χ3v) is 3.90. The van der Waals surface area contributed by atoms with Crippen molar-refractivity contribution in [1.82, 2.24) is 9.80 Å². The molecule has 0 spiro atoms. The highest BCUT2D eigenvalue weighted by Crippen LogP contribution is 2.24. The molecular formula is C13H18BrN3O2. The summed E-state index contributed by atoms with van der Waals surface area (Å²) in [5.41, 5.74) is 6.07. The fourth-order valence-corrected chi connectivity index (χ4v) is 2.67. The maximum Gasteiger partial charge on any atom is 0.257 e. The van der Waals surface area contributed by atoms with Crippen LogP contribution in [0.1, 0.15) is 10.4 Å². The van der Waals surface area contributed by atoms with E-state index in [1.54, 1.807) is 17.0 Å². The van der Waals surface area contributed by atoms with E-state index in [9.17, 15) is 9.90 Å². The third kappa shape index (κ3) is 3.08. The zero-order valence-electron chi connectivity index (χ0n) is 10.8. The third-order valence-electron chi connectivity index (χ3n) is 3.41. The summed E-state index contributed by atoms with van der Waals surface area (Å²) in [6.45, 7) is 2.64. The maximum atomic E-state index is 12.5. The predicted octanol–water partition coefficient (Wildman–Crippen LogP) is 0.870. The summed E-state index contributed by atoms with van der Waals surface area (Å²) in [6, 6.07) is 4.91. The van der Waals surface area contributed by atoms with Gasteiger partial charge in [-0.15, -0.1) is 0 Å². The van der Waals surface area contributed by atoms with Gasteiger partial charge in [-0.3, -0.25) is 4.79 Å². The van der Waals surface area contributed by atoms with Crippen LogP contribution in [-0.2, 0) is 0 Å². The Bertz CT molecular complexity index is 481. The number of rotatable bonds is 2. The van der Waals surface area contributed by atoms with Gasteiger partial charge in [0.1, 0.15) is 5.75 Å². The molecule has 19 heavy (non-hydrogen) atoms. The average molecular weight is 328 g/mol. The van der Waals surface area contributed by atoms with Gasteiger partial charge in [-0.25, -0.2) is 0 Å². The molecule has 1 aromatic carbocycles. The molecule has 1 unspecified atom stereocenters. The molecule has 2 rings (SSSR count). The Hall–Kier alpha value is -1.11. The molecule has 1 aliphatic heterocycles. The van der Waals surface area contributed by atoms with Gasteiger partial charge in [0.25, 0.3) is 5.91 Å². The topological polar surface area (TPSA) is 69.8 Å². The minimum absolute atomic E-state index is 0.00528. The Balaban J connectivity index is 2.22. The second-order valence-corrected chi connectivity index (χ2v) is 5.73. The molecule has 5 nitrogen and oxygen atoms in total. The van der Waals surface area contributed by atoms with Crippen LogP contribution in [0.4, 0.5) is 0 Å². The van der Waals surface area contributed by atoms with Crippen molar-refractivity contribution < 1.29 is 9.90 Å². The molecule has 1 heterocycles. The Labute approximate surface area is 121 Å². The zero-order valence-corrected chi connectivity index (χ0v) is 12.4. The normalized spacial score (nSPS) is 20.6. The molecule has 1 aromatic rings. The van der Waals surface area contributed by atoms with Gasteiger partial charge in [-0.05, 0) is 25.2 Å². The van der Waals surface area contributed by atoms with Crippen molar-refractivity contribution in [3.63, 3.8) is 0 Å². The van der Waals surface area contributed by atoms with Crippen LogP contribution >= 0.6 is 15.9 Å². The minimum Gasteiger partial charge on any atom is -0.507 e. The van der Waals surface area contributed by atoms with Crippen molar-refractivity contribution >= 4 is 21.8 Å². The Morgan fingerprint density at radius 1 is 1.53 bits per heavy atom. The summed E-state index contributed by atoms with van der Waals surface area (Å²) < 4.78 is 0.746. The number of nitrogens with two attached hydrogens (primary N) is 1. The van der Waals surface area contributed by atoms with Crippen LogP contribution in [0.5, 0.6) is 5.75 Å². The van der Waals surface area contributed by atoms with E-state index in [0.717, 1.165) is 17.6 Å². The highest BCUT2D eigenvalue weighted by atomic mass is 79.9. The van der Waals surface area contributed by atoms with E-state index in [2.05, 4.69) is 20.8 Å². The van der Waals surface area contributed by atoms with Crippen molar-refractivity contribution in [2.75, 3.05) is 33.2 Å². The molecule has 0 aromatic heterocycles. The minimum atomic E-state index is -0.159. The van der Waals surface area contributed by atoms with Crippen LogP contribution in [0.3, 0.4) is 0 Å². The number of phenolic OH excluding ortho intramolecular Hbond substituents is 1. The highest BCUT2D eigenvalue weighted by Gasteiger charge is 2.29. The lowest BCUT2D eigenvalue weighted by molar-refractivity contribution is 0.0513. The summed E-state index contributed by atoms with van der Waals surface area (Å²) in [5, 5.41) is 9.88. The number of piperazine rings is 1. The second-order valence-electron chi connectivity index (χ2n) is 4.81. The molecule has 3 N–H and O–H groups in total. The van der Waals surface area contributed by atoms with E-state index < -0.39 is 0 Å². The Morgan fingerprint density at radius 3 is 2.89 bits per heavy atom. The summed E-state index contributed by atoms with van der Waals surface area (Å²) in [5.74, 6) is -0.164. The van der Waals surface area contributed by atoms with Crippen molar-refractivity contribution in [3.05, 3.63) is 28.2 Å². The number of hydrogen-bond acceptors (Lipinski definition) is 4.